The van der Waals surface area contributed by atoms with Gasteiger partial charge in [0.15, 0.2) is 0 Å². The Kier molecular flexibility index (Phi) is 4.34. The lowest BCUT2D eigenvalue weighted by atomic mass is 9.85. The van der Waals surface area contributed by atoms with E-state index < -0.39 is 11.5 Å². The number of hydrogen-bond acceptors (Lipinski definition) is 3. The molecule has 0 bridgehead atoms. The SMILES string of the molecule is Cc1cc(C(=O)NC(C)(CC(=O)O)C(C)C)nn1C. The standard InChI is InChI=1S/C13H21N3O3/c1-8(2)13(4,7-11(17)18)14-12(19)10-6-9(3)16(5)15-10/h6,8H,7H2,1-5H3,(H,14,19)(H,17,18). The summed E-state index contributed by atoms with van der Waals surface area (Å²) >= 11 is 0. The van der Waals surface area contributed by atoms with Gasteiger partial charge < -0.3 is 10.4 Å². The van der Waals surface area contributed by atoms with Crippen LogP contribution in [0.3, 0.4) is 0 Å². The van der Waals surface area contributed by atoms with Gasteiger partial charge in [-0.1, -0.05) is 13.8 Å². The second kappa shape index (κ2) is 5.42. The van der Waals surface area contributed by atoms with Crippen molar-refractivity contribution in [1.82, 2.24) is 15.1 Å². The number of rotatable bonds is 5. The molecule has 1 rings (SSSR count). The maximum absolute atomic E-state index is 12.1. The molecular weight excluding hydrogens is 246 g/mol. The van der Waals surface area contributed by atoms with Gasteiger partial charge >= 0.3 is 5.97 Å². The Balaban J connectivity index is 2.91. The molecule has 106 valence electrons. The third-order valence-corrected chi connectivity index (χ3v) is 3.54. The molecule has 2 N–H and O–H groups in total. The van der Waals surface area contributed by atoms with Crippen molar-refractivity contribution in [1.29, 1.82) is 0 Å². The second-order valence-electron chi connectivity index (χ2n) is 5.39. The fourth-order valence-corrected chi connectivity index (χ4v) is 1.70. The van der Waals surface area contributed by atoms with E-state index >= 15 is 0 Å². The summed E-state index contributed by atoms with van der Waals surface area (Å²) in [6.07, 6.45) is -0.123. The van der Waals surface area contributed by atoms with Crippen molar-refractivity contribution in [3.63, 3.8) is 0 Å². The molecule has 0 aliphatic heterocycles. The molecule has 1 amide bonds. The number of carboxylic acid groups (broad SMARTS) is 1. The number of aryl methyl sites for hydroxylation is 2. The van der Waals surface area contributed by atoms with E-state index in [0.29, 0.717) is 5.69 Å². The van der Waals surface area contributed by atoms with Crippen LogP contribution in [0.25, 0.3) is 0 Å². The molecule has 0 fully saturated rings. The van der Waals surface area contributed by atoms with Crippen LogP contribution in [-0.2, 0) is 11.8 Å². The quantitative estimate of drug-likeness (QED) is 0.843. The molecule has 1 aromatic heterocycles. The molecule has 0 saturated heterocycles. The number of carboxylic acids is 1. The van der Waals surface area contributed by atoms with Crippen LogP contribution >= 0.6 is 0 Å². The lowest BCUT2D eigenvalue weighted by Gasteiger charge is -2.33. The molecule has 0 aliphatic carbocycles. The van der Waals surface area contributed by atoms with Crippen LogP contribution in [0.4, 0.5) is 0 Å². The van der Waals surface area contributed by atoms with Gasteiger partial charge in [-0.2, -0.15) is 5.10 Å². The van der Waals surface area contributed by atoms with E-state index in [2.05, 4.69) is 10.4 Å². The second-order valence-corrected chi connectivity index (χ2v) is 5.39. The van der Waals surface area contributed by atoms with Gasteiger partial charge in [0.05, 0.1) is 12.0 Å². The van der Waals surface area contributed by atoms with E-state index in [0.717, 1.165) is 5.69 Å². The third-order valence-electron chi connectivity index (χ3n) is 3.54. The number of aromatic nitrogens is 2. The van der Waals surface area contributed by atoms with Crippen LogP contribution in [-0.4, -0.2) is 32.3 Å². The smallest absolute Gasteiger partial charge is 0.305 e. The number of amides is 1. The Bertz CT molecular complexity index is 474. The Morgan fingerprint density at radius 2 is 2.11 bits per heavy atom. The minimum atomic E-state index is -0.936. The predicted octanol–water partition coefficient (Wildman–Crippen LogP) is 1.35. The molecule has 0 saturated carbocycles. The van der Waals surface area contributed by atoms with E-state index in [1.54, 1.807) is 24.7 Å². The number of carbonyl (C=O) groups is 2. The summed E-state index contributed by atoms with van der Waals surface area (Å²) in [5.41, 5.74) is 0.376. The largest absolute Gasteiger partial charge is 0.481 e. The van der Waals surface area contributed by atoms with Crippen LogP contribution in [0.5, 0.6) is 0 Å². The van der Waals surface area contributed by atoms with Crippen molar-refractivity contribution < 1.29 is 14.7 Å². The fourth-order valence-electron chi connectivity index (χ4n) is 1.70. The molecular formula is C13H21N3O3. The van der Waals surface area contributed by atoms with Crippen molar-refractivity contribution in [2.75, 3.05) is 0 Å². The summed E-state index contributed by atoms with van der Waals surface area (Å²) in [4.78, 5) is 23.1. The summed E-state index contributed by atoms with van der Waals surface area (Å²) in [5.74, 6) is -1.28. The lowest BCUT2D eigenvalue weighted by molar-refractivity contribution is -0.138. The topological polar surface area (TPSA) is 84.2 Å². The highest BCUT2D eigenvalue weighted by atomic mass is 16.4. The van der Waals surface area contributed by atoms with Gasteiger partial charge in [0.25, 0.3) is 5.91 Å². The molecule has 0 aliphatic rings. The Morgan fingerprint density at radius 3 is 2.47 bits per heavy atom. The highest BCUT2D eigenvalue weighted by Gasteiger charge is 2.33. The average Bonchev–Trinajstić information content (AvgIpc) is 2.57. The molecule has 1 atom stereocenters. The van der Waals surface area contributed by atoms with E-state index in [1.165, 1.54) is 0 Å². The molecule has 6 nitrogen and oxygen atoms in total. The molecule has 0 radical (unpaired) electrons. The number of nitrogens with one attached hydrogen (secondary N) is 1. The Labute approximate surface area is 112 Å². The highest BCUT2D eigenvalue weighted by molar-refractivity contribution is 5.93. The van der Waals surface area contributed by atoms with Gasteiger partial charge in [-0.05, 0) is 25.8 Å². The van der Waals surface area contributed by atoms with Crippen LogP contribution in [0.1, 0.15) is 43.4 Å². The zero-order valence-corrected chi connectivity index (χ0v) is 12.0. The van der Waals surface area contributed by atoms with Crippen LogP contribution < -0.4 is 5.32 Å². The molecule has 19 heavy (non-hydrogen) atoms. The summed E-state index contributed by atoms with van der Waals surface area (Å²) in [6, 6.07) is 1.68. The predicted molar refractivity (Wildman–Crippen MR) is 70.9 cm³/mol. The van der Waals surface area contributed by atoms with E-state index in [4.69, 9.17) is 5.11 Å². The summed E-state index contributed by atoms with van der Waals surface area (Å²) in [6.45, 7) is 7.35. The maximum Gasteiger partial charge on any atom is 0.305 e. The third kappa shape index (κ3) is 3.56. The first-order valence-corrected chi connectivity index (χ1v) is 6.20. The van der Waals surface area contributed by atoms with Crippen molar-refractivity contribution in [2.24, 2.45) is 13.0 Å². The number of nitrogens with zero attached hydrogens (tertiary/aromatic N) is 2. The van der Waals surface area contributed by atoms with Crippen molar-refractivity contribution >= 4 is 11.9 Å². The minimum Gasteiger partial charge on any atom is -0.481 e. The fraction of sp³-hybridized carbons (Fsp3) is 0.615. The zero-order chi connectivity index (χ0) is 14.8. The lowest BCUT2D eigenvalue weighted by Crippen LogP contribution is -2.51. The van der Waals surface area contributed by atoms with E-state index in [1.807, 2.05) is 20.8 Å². The average molecular weight is 267 g/mol. The normalized spacial score (nSPS) is 14.2. The first kappa shape index (κ1) is 15.2. The van der Waals surface area contributed by atoms with E-state index in [9.17, 15) is 9.59 Å². The first-order valence-electron chi connectivity index (χ1n) is 6.20. The van der Waals surface area contributed by atoms with Crippen molar-refractivity contribution in [3.05, 3.63) is 17.5 Å². The van der Waals surface area contributed by atoms with Gasteiger partial charge in [-0.3, -0.25) is 14.3 Å². The minimum absolute atomic E-state index is 0.00245. The summed E-state index contributed by atoms with van der Waals surface area (Å²) in [5, 5.41) is 15.8. The summed E-state index contributed by atoms with van der Waals surface area (Å²) < 4.78 is 1.61. The summed E-state index contributed by atoms with van der Waals surface area (Å²) in [7, 11) is 1.75. The van der Waals surface area contributed by atoms with Gasteiger partial charge in [-0.25, -0.2) is 0 Å². The van der Waals surface area contributed by atoms with Gasteiger partial charge in [0, 0.05) is 12.7 Å². The van der Waals surface area contributed by atoms with E-state index in [-0.39, 0.29) is 18.2 Å². The number of carbonyl (C=O) groups excluding carboxylic acids is 1. The maximum atomic E-state index is 12.1. The number of aliphatic carboxylic acids is 1. The van der Waals surface area contributed by atoms with Gasteiger partial charge in [0.2, 0.25) is 0 Å². The molecule has 1 aromatic rings. The van der Waals surface area contributed by atoms with Crippen LogP contribution in [0.2, 0.25) is 0 Å². The van der Waals surface area contributed by atoms with Gasteiger partial charge in [0.1, 0.15) is 5.69 Å². The van der Waals surface area contributed by atoms with Gasteiger partial charge in [-0.15, -0.1) is 0 Å². The van der Waals surface area contributed by atoms with Crippen molar-refractivity contribution in [2.45, 2.75) is 39.7 Å². The molecule has 0 aromatic carbocycles. The number of hydrogen-bond donors (Lipinski definition) is 2. The Morgan fingerprint density at radius 1 is 1.53 bits per heavy atom. The molecule has 1 heterocycles. The highest BCUT2D eigenvalue weighted by Crippen LogP contribution is 2.21. The van der Waals surface area contributed by atoms with Crippen LogP contribution in [0, 0.1) is 12.8 Å². The zero-order valence-electron chi connectivity index (χ0n) is 12.0. The molecule has 0 spiro atoms. The van der Waals surface area contributed by atoms with Crippen molar-refractivity contribution in [3.8, 4) is 0 Å². The molecule has 6 heteroatoms. The monoisotopic (exact) mass is 267 g/mol. The first-order chi connectivity index (χ1) is 8.65. The molecule has 1 unspecified atom stereocenters. The van der Waals surface area contributed by atoms with Crippen LogP contribution in [0.15, 0.2) is 6.07 Å². The Hall–Kier alpha value is -1.85.